The molecule has 10 heteroatoms. The zero-order valence-corrected chi connectivity index (χ0v) is 18.5. The lowest BCUT2D eigenvalue weighted by Gasteiger charge is -2.28. The van der Waals surface area contributed by atoms with Gasteiger partial charge in [-0.25, -0.2) is 4.39 Å². The van der Waals surface area contributed by atoms with Crippen molar-refractivity contribution < 1.29 is 9.18 Å². The Morgan fingerprint density at radius 2 is 1.79 bits per heavy atom. The van der Waals surface area contributed by atoms with Crippen LogP contribution in [0.5, 0.6) is 0 Å². The number of rotatable bonds is 8. The molecular weight excluding hydrogens is 423 g/mol. The summed E-state index contributed by atoms with van der Waals surface area (Å²) in [5, 5.41) is 9.30. The van der Waals surface area contributed by atoms with E-state index in [4.69, 9.17) is 0 Å². The topological polar surface area (TPSA) is 118 Å². The molecule has 0 bridgehead atoms. The van der Waals surface area contributed by atoms with Crippen LogP contribution in [0.25, 0.3) is 11.4 Å². The quantitative estimate of drug-likeness (QED) is 0.479. The zero-order valence-electron chi connectivity index (χ0n) is 18.5. The Labute approximate surface area is 191 Å². The first-order valence-corrected chi connectivity index (χ1v) is 11.0. The van der Waals surface area contributed by atoms with Gasteiger partial charge in [-0.05, 0) is 55.0 Å². The van der Waals surface area contributed by atoms with Crippen LogP contribution in [0.15, 0.2) is 43.0 Å². The van der Waals surface area contributed by atoms with Crippen molar-refractivity contribution in [2.45, 2.75) is 44.9 Å². The lowest BCUT2D eigenvalue weighted by atomic mass is 9.85. The first-order chi connectivity index (χ1) is 16.2. The second-order valence-electron chi connectivity index (χ2n) is 7.99. The fourth-order valence-corrected chi connectivity index (χ4v) is 3.93. The molecule has 0 radical (unpaired) electrons. The van der Waals surface area contributed by atoms with Gasteiger partial charge in [0.25, 0.3) is 0 Å². The van der Waals surface area contributed by atoms with Crippen molar-refractivity contribution in [1.82, 2.24) is 30.2 Å². The Kier molecular flexibility index (Phi) is 7.33. The van der Waals surface area contributed by atoms with Crippen LogP contribution in [0.3, 0.4) is 0 Å². The number of carbonyl (C=O) groups excluding carboxylic acids is 1. The molecule has 0 spiro atoms. The lowest BCUT2D eigenvalue weighted by molar-refractivity contribution is -0.126. The van der Waals surface area contributed by atoms with Gasteiger partial charge in [-0.15, -0.1) is 0 Å². The number of hydrogen-bond donors (Lipinski definition) is 3. The third-order valence-corrected chi connectivity index (χ3v) is 5.81. The Morgan fingerprint density at radius 1 is 1.00 bits per heavy atom. The number of anilines is 2. The molecule has 3 aromatic rings. The van der Waals surface area contributed by atoms with Gasteiger partial charge >= 0.3 is 0 Å². The number of amides is 1. The van der Waals surface area contributed by atoms with Crippen molar-refractivity contribution in [3.63, 3.8) is 0 Å². The molecule has 0 atom stereocenters. The Bertz CT molecular complexity index is 1070. The van der Waals surface area contributed by atoms with Crippen molar-refractivity contribution in [3.05, 3.63) is 54.1 Å². The molecule has 3 heterocycles. The van der Waals surface area contributed by atoms with Crippen LogP contribution in [0.1, 0.15) is 36.8 Å². The molecule has 33 heavy (non-hydrogen) atoms. The van der Waals surface area contributed by atoms with Crippen LogP contribution in [-0.4, -0.2) is 43.9 Å². The summed E-state index contributed by atoms with van der Waals surface area (Å²) < 4.78 is 13.1. The Morgan fingerprint density at radius 3 is 2.52 bits per heavy atom. The van der Waals surface area contributed by atoms with Gasteiger partial charge in [0, 0.05) is 55.9 Å². The van der Waals surface area contributed by atoms with Gasteiger partial charge < -0.3 is 16.0 Å². The molecule has 1 saturated carbocycles. The predicted octanol–water partition coefficient (Wildman–Crippen LogP) is 3.13. The van der Waals surface area contributed by atoms with Crippen LogP contribution in [-0.2, 0) is 18.0 Å². The van der Waals surface area contributed by atoms with Crippen molar-refractivity contribution >= 4 is 17.8 Å². The molecule has 1 aliphatic carbocycles. The van der Waals surface area contributed by atoms with Gasteiger partial charge in [0.2, 0.25) is 17.8 Å². The highest BCUT2D eigenvalue weighted by Gasteiger charge is 2.27. The maximum Gasteiger partial charge on any atom is 0.228 e. The van der Waals surface area contributed by atoms with Crippen LogP contribution >= 0.6 is 0 Å². The Balaban J connectivity index is 1.32. The molecule has 3 aromatic heterocycles. The van der Waals surface area contributed by atoms with Crippen molar-refractivity contribution in [2.75, 3.05) is 17.7 Å². The molecule has 3 N–H and O–H groups in total. The van der Waals surface area contributed by atoms with E-state index in [0.717, 1.165) is 31.2 Å². The summed E-state index contributed by atoms with van der Waals surface area (Å²) in [6.07, 6.45) is 9.73. The van der Waals surface area contributed by atoms with E-state index in [0.29, 0.717) is 35.4 Å². The third-order valence-electron chi connectivity index (χ3n) is 5.81. The third kappa shape index (κ3) is 5.76. The summed E-state index contributed by atoms with van der Waals surface area (Å²) in [4.78, 5) is 34.2. The number of nitrogens with zero attached hydrogens (tertiary/aromatic N) is 5. The molecule has 9 nitrogen and oxygen atoms in total. The maximum absolute atomic E-state index is 13.1. The van der Waals surface area contributed by atoms with E-state index in [9.17, 15) is 9.18 Å². The molecule has 1 aliphatic rings. The number of halogens is 1. The molecule has 0 saturated heterocycles. The second-order valence-corrected chi connectivity index (χ2v) is 7.99. The molecule has 1 fully saturated rings. The van der Waals surface area contributed by atoms with Gasteiger partial charge in [0.1, 0.15) is 6.67 Å². The van der Waals surface area contributed by atoms with E-state index in [1.165, 1.54) is 0 Å². The highest BCUT2D eigenvalue weighted by Crippen LogP contribution is 2.27. The molecule has 4 rings (SSSR count). The molecule has 0 aromatic carbocycles. The molecular formula is C23H27FN8O. The van der Waals surface area contributed by atoms with Gasteiger partial charge in [-0.2, -0.15) is 15.0 Å². The minimum absolute atomic E-state index is 0.00129. The number of pyridine rings is 2. The molecule has 1 amide bonds. The molecule has 172 valence electrons. The van der Waals surface area contributed by atoms with Crippen LogP contribution in [0, 0.1) is 5.92 Å². The zero-order chi connectivity index (χ0) is 23.0. The first-order valence-electron chi connectivity index (χ1n) is 11.0. The smallest absolute Gasteiger partial charge is 0.228 e. The number of carbonyl (C=O) groups is 1. The first kappa shape index (κ1) is 22.5. The van der Waals surface area contributed by atoms with Crippen molar-refractivity contribution in [3.8, 4) is 11.4 Å². The predicted molar refractivity (Wildman–Crippen MR) is 123 cm³/mol. The fraction of sp³-hybridized carbons (Fsp3) is 0.391. The number of aromatic nitrogens is 5. The van der Waals surface area contributed by atoms with Gasteiger partial charge in [-0.1, -0.05) is 0 Å². The van der Waals surface area contributed by atoms with Crippen LogP contribution in [0.2, 0.25) is 0 Å². The molecule has 0 aliphatic heterocycles. The lowest BCUT2D eigenvalue weighted by Crippen LogP contribution is -2.36. The number of hydrogen-bond acceptors (Lipinski definition) is 8. The largest absolute Gasteiger partial charge is 0.357 e. The van der Waals surface area contributed by atoms with E-state index < -0.39 is 6.67 Å². The highest BCUT2D eigenvalue weighted by molar-refractivity contribution is 5.78. The SMILES string of the molecule is CNc1nc(NC2CCC(C(=O)NCc3cnccc3CF)CC2)nc(-c2cccnc2)n1. The summed E-state index contributed by atoms with van der Waals surface area (Å²) in [6.45, 7) is -0.280. The van der Waals surface area contributed by atoms with E-state index in [1.807, 2.05) is 12.1 Å². The summed E-state index contributed by atoms with van der Waals surface area (Å²) in [5.41, 5.74) is 2.08. The van der Waals surface area contributed by atoms with E-state index in [-0.39, 0.29) is 17.9 Å². The normalized spacial score (nSPS) is 17.9. The fourth-order valence-electron chi connectivity index (χ4n) is 3.93. The van der Waals surface area contributed by atoms with Crippen LogP contribution < -0.4 is 16.0 Å². The van der Waals surface area contributed by atoms with Crippen molar-refractivity contribution in [1.29, 1.82) is 0 Å². The second kappa shape index (κ2) is 10.8. The minimum atomic E-state index is -0.570. The van der Waals surface area contributed by atoms with E-state index in [2.05, 4.69) is 40.9 Å². The van der Waals surface area contributed by atoms with E-state index >= 15 is 0 Å². The summed E-state index contributed by atoms with van der Waals surface area (Å²) in [5.74, 6) is 1.45. The minimum Gasteiger partial charge on any atom is -0.357 e. The highest BCUT2D eigenvalue weighted by atomic mass is 19.1. The number of nitrogens with one attached hydrogen (secondary N) is 3. The standard InChI is InChI=1S/C23H27FN8O/c1-25-22-30-20(17-3-2-9-26-12-17)31-23(32-22)29-19-6-4-15(5-7-19)21(33)28-14-18-13-27-10-8-16(18)11-24/h2-3,8-10,12-13,15,19H,4-7,11,14H2,1H3,(H,28,33)(H2,25,29,30,31,32). The van der Waals surface area contributed by atoms with Crippen LogP contribution in [0.4, 0.5) is 16.3 Å². The van der Waals surface area contributed by atoms with Gasteiger partial charge in [-0.3, -0.25) is 14.8 Å². The summed E-state index contributed by atoms with van der Waals surface area (Å²) in [6, 6.07) is 5.54. The average molecular weight is 451 g/mol. The van der Waals surface area contributed by atoms with E-state index in [1.54, 1.807) is 37.9 Å². The number of alkyl halides is 1. The monoisotopic (exact) mass is 450 g/mol. The average Bonchev–Trinajstić information content (AvgIpc) is 2.88. The Hall–Kier alpha value is -3.69. The maximum atomic E-state index is 13.1. The summed E-state index contributed by atoms with van der Waals surface area (Å²) in [7, 11) is 1.76. The molecule has 0 unspecified atom stereocenters. The van der Waals surface area contributed by atoms with Gasteiger partial charge in [0.05, 0.1) is 0 Å². The summed E-state index contributed by atoms with van der Waals surface area (Å²) >= 11 is 0. The van der Waals surface area contributed by atoms with Gasteiger partial charge in [0.15, 0.2) is 5.82 Å². The van der Waals surface area contributed by atoms with Crippen molar-refractivity contribution in [2.24, 2.45) is 5.92 Å².